The van der Waals surface area contributed by atoms with E-state index in [0.29, 0.717) is 0 Å². The highest BCUT2D eigenvalue weighted by Gasteiger charge is 2.18. The molecule has 1 aromatic carbocycles. The molecule has 0 aliphatic carbocycles. The summed E-state index contributed by atoms with van der Waals surface area (Å²) < 4.78 is 6.14. The molecule has 0 aliphatic rings. The van der Waals surface area contributed by atoms with Crippen LogP contribution >= 0.6 is 0 Å². The van der Waals surface area contributed by atoms with E-state index >= 15 is 0 Å². The van der Waals surface area contributed by atoms with Crippen molar-refractivity contribution in [1.82, 2.24) is 4.98 Å². The molecule has 0 fully saturated rings. The fourth-order valence-electron chi connectivity index (χ4n) is 1.90. The van der Waals surface area contributed by atoms with Crippen molar-refractivity contribution in [2.75, 3.05) is 0 Å². The molecule has 0 saturated carbocycles. The van der Waals surface area contributed by atoms with Gasteiger partial charge in [0.15, 0.2) is 0 Å². The Hall–Kier alpha value is -1.94. The summed E-state index contributed by atoms with van der Waals surface area (Å²) in [6.07, 6.45) is 3.58. The van der Waals surface area contributed by atoms with E-state index < -0.39 is 8.32 Å². The maximum absolute atomic E-state index is 6.14. The number of aryl methyl sites for hydroxylation is 2. The van der Waals surface area contributed by atoms with Crippen molar-refractivity contribution in [3.63, 3.8) is 0 Å². The molecule has 21 heavy (non-hydrogen) atoms. The molecule has 0 radical (unpaired) electrons. The molecule has 0 unspecified atom stereocenters. The standard InChI is InChI=1S/C17H22N2OSi/c1-13-8-9-15(17(11-13)20-21(3,4)5)19-12-16-14(2)7-6-10-18-16/h6-12H,1-5H3. The molecule has 0 amide bonds. The smallest absolute Gasteiger partial charge is 0.242 e. The number of rotatable bonds is 4. The van der Waals surface area contributed by atoms with E-state index in [2.05, 4.69) is 48.7 Å². The third kappa shape index (κ3) is 4.53. The first-order valence-electron chi connectivity index (χ1n) is 7.10. The monoisotopic (exact) mass is 298 g/mol. The minimum Gasteiger partial charge on any atom is -0.543 e. The Kier molecular flexibility index (Phi) is 4.58. The van der Waals surface area contributed by atoms with Crippen molar-refractivity contribution in [3.8, 4) is 5.75 Å². The second kappa shape index (κ2) is 6.22. The molecule has 1 heterocycles. The summed E-state index contributed by atoms with van der Waals surface area (Å²) in [5.41, 5.74) is 4.03. The van der Waals surface area contributed by atoms with Gasteiger partial charge in [-0.15, -0.1) is 0 Å². The quantitative estimate of drug-likeness (QED) is 0.607. The number of benzene rings is 1. The Labute approximate surface area is 127 Å². The van der Waals surface area contributed by atoms with Gasteiger partial charge in [-0.25, -0.2) is 0 Å². The van der Waals surface area contributed by atoms with Gasteiger partial charge in [-0.05, 0) is 62.8 Å². The number of pyridine rings is 1. The van der Waals surface area contributed by atoms with E-state index in [9.17, 15) is 0 Å². The first-order chi connectivity index (χ1) is 9.85. The molecule has 0 atom stereocenters. The Morgan fingerprint density at radius 3 is 2.57 bits per heavy atom. The molecule has 0 aliphatic heterocycles. The summed E-state index contributed by atoms with van der Waals surface area (Å²) >= 11 is 0. The molecule has 3 nitrogen and oxygen atoms in total. The summed E-state index contributed by atoms with van der Waals surface area (Å²) in [6.45, 7) is 10.6. The number of hydrogen-bond donors (Lipinski definition) is 0. The molecule has 1 aromatic heterocycles. The SMILES string of the molecule is Cc1ccc(N=Cc2ncccc2C)c(O[Si](C)(C)C)c1. The molecular formula is C17H22N2OSi. The lowest BCUT2D eigenvalue weighted by atomic mass is 10.2. The molecule has 2 aromatic rings. The average Bonchev–Trinajstić information content (AvgIpc) is 2.38. The van der Waals surface area contributed by atoms with E-state index in [-0.39, 0.29) is 0 Å². The molecule has 0 spiro atoms. The van der Waals surface area contributed by atoms with E-state index in [4.69, 9.17) is 4.43 Å². The van der Waals surface area contributed by atoms with Gasteiger partial charge in [0.25, 0.3) is 0 Å². The van der Waals surface area contributed by atoms with Crippen LogP contribution in [0.2, 0.25) is 19.6 Å². The van der Waals surface area contributed by atoms with Crippen LogP contribution in [-0.2, 0) is 0 Å². The number of aliphatic imine (C=N–C) groups is 1. The van der Waals surface area contributed by atoms with Crippen LogP contribution in [0.1, 0.15) is 16.8 Å². The Balaban J connectivity index is 2.34. The predicted octanol–water partition coefficient (Wildman–Crippen LogP) is 4.66. The second-order valence-electron chi connectivity index (χ2n) is 6.15. The van der Waals surface area contributed by atoms with E-state index in [0.717, 1.165) is 22.7 Å². The van der Waals surface area contributed by atoms with E-state index in [1.165, 1.54) is 5.56 Å². The van der Waals surface area contributed by atoms with Gasteiger partial charge >= 0.3 is 0 Å². The Morgan fingerprint density at radius 1 is 1.14 bits per heavy atom. The van der Waals surface area contributed by atoms with Crippen molar-refractivity contribution >= 4 is 20.2 Å². The third-order valence-electron chi connectivity index (χ3n) is 2.91. The maximum Gasteiger partial charge on any atom is 0.242 e. The highest BCUT2D eigenvalue weighted by Crippen LogP contribution is 2.30. The van der Waals surface area contributed by atoms with Gasteiger partial charge in [0.05, 0.1) is 11.9 Å². The van der Waals surface area contributed by atoms with Gasteiger partial charge in [0.2, 0.25) is 8.32 Å². The van der Waals surface area contributed by atoms with Gasteiger partial charge < -0.3 is 4.43 Å². The molecule has 0 bridgehead atoms. The van der Waals surface area contributed by atoms with Gasteiger partial charge in [0, 0.05) is 6.20 Å². The maximum atomic E-state index is 6.14. The van der Waals surface area contributed by atoms with Crippen LogP contribution in [0.3, 0.4) is 0 Å². The van der Waals surface area contributed by atoms with Gasteiger partial charge in [-0.3, -0.25) is 9.98 Å². The van der Waals surface area contributed by atoms with Crippen LogP contribution in [0.15, 0.2) is 41.5 Å². The molecule has 4 heteroatoms. The van der Waals surface area contributed by atoms with E-state index in [1.54, 1.807) is 12.4 Å². The number of aromatic nitrogens is 1. The van der Waals surface area contributed by atoms with Gasteiger partial charge in [-0.2, -0.15) is 0 Å². The zero-order chi connectivity index (χ0) is 15.5. The topological polar surface area (TPSA) is 34.5 Å². The normalized spacial score (nSPS) is 11.9. The van der Waals surface area contributed by atoms with Crippen molar-refractivity contribution in [2.24, 2.45) is 4.99 Å². The molecule has 0 N–H and O–H groups in total. The molecular weight excluding hydrogens is 276 g/mol. The minimum atomic E-state index is -1.66. The van der Waals surface area contributed by atoms with Crippen LogP contribution in [0.4, 0.5) is 5.69 Å². The fraction of sp³-hybridized carbons (Fsp3) is 0.294. The summed E-state index contributed by atoms with van der Waals surface area (Å²) in [7, 11) is -1.66. The van der Waals surface area contributed by atoms with Crippen molar-refractivity contribution in [2.45, 2.75) is 33.5 Å². The lowest BCUT2D eigenvalue weighted by Crippen LogP contribution is -2.29. The average molecular weight is 298 g/mol. The molecule has 110 valence electrons. The fourth-order valence-corrected chi connectivity index (χ4v) is 2.73. The summed E-state index contributed by atoms with van der Waals surface area (Å²) in [4.78, 5) is 8.91. The van der Waals surface area contributed by atoms with Crippen molar-refractivity contribution < 1.29 is 4.43 Å². The lowest BCUT2D eigenvalue weighted by Gasteiger charge is -2.20. The number of hydrogen-bond acceptors (Lipinski definition) is 3. The van der Waals surface area contributed by atoms with Crippen LogP contribution in [0.25, 0.3) is 0 Å². The Morgan fingerprint density at radius 2 is 1.90 bits per heavy atom. The predicted molar refractivity (Wildman–Crippen MR) is 91.4 cm³/mol. The first-order valence-corrected chi connectivity index (χ1v) is 10.5. The number of nitrogens with zero attached hydrogens (tertiary/aromatic N) is 2. The zero-order valence-electron chi connectivity index (χ0n) is 13.3. The van der Waals surface area contributed by atoms with Crippen LogP contribution in [0.5, 0.6) is 5.75 Å². The van der Waals surface area contributed by atoms with Gasteiger partial charge in [-0.1, -0.05) is 12.1 Å². The summed E-state index contributed by atoms with van der Waals surface area (Å²) in [5.74, 6) is 0.860. The zero-order valence-corrected chi connectivity index (χ0v) is 14.3. The third-order valence-corrected chi connectivity index (χ3v) is 3.74. The summed E-state index contributed by atoms with van der Waals surface area (Å²) in [6, 6.07) is 10.1. The first kappa shape index (κ1) is 15.4. The van der Waals surface area contributed by atoms with Gasteiger partial charge in [0.1, 0.15) is 11.4 Å². The Bertz CT molecular complexity index is 660. The highest BCUT2D eigenvalue weighted by molar-refractivity contribution is 6.70. The van der Waals surface area contributed by atoms with Crippen molar-refractivity contribution in [1.29, 1.82) is 0 Å². The van der Waals surface area contributed by atoms with E-state index in [1.807, 2.05) is 25.1 Å². The van der Waals surface area contributed by atoms with Crippen LogP contribution in [-0.4, -0.2) is 19.5 Å². The second-order valence-corrected chi connectivity index (χ2v) is 10.6. The molecule has 2 rings (SSSR count). The van der Waals surface area contributed by atoms with Crippen LogP contribution in [0, 0.1) is 13.8 Å². The largest absolute Gasteiger partial charge is 0.543 e. The lowest BCUT2D eigenvalue weighted by molar-refractivity contribution is 0.558. The minimum absolute atomic E-state index is 0.855. The van der Waals surface area contributed by atoms with Crippen LogP contribution < -0.4 is 4.43 Å². The summed E-state index contributed by atoms with van der Waals surface area (Å²) in [5, 5.41) is 0. The van der Waals surface area contributed by atoms with Crippen molar-refractivity contribution in [3.05, 3.63) is 53.3 Å². The highest BCUT2D eigenvalue weighted by atomic mass is 28.4. The molecule has 0 saturated heterocycles.